The Morgan fingerprint density at radius 1 is 0.911 bits per heavy atom. The van der Waals surface area contributed by atoms with Crippen LogP contribution in [0.1, 0.15) is 58.3 Å². The lowest BCUT2D eigenvalue weighted by Gasteiger charge is -2.24. The molecule has 1 amide bonds. The number of pyridine rings is 1. The van der Waals surface area contributed by atoms with E-state index in [4.69, 9.17) is 5.73 Å². The number of imidazole rings is 1. The molecule has 6 rings (SSSR count). The van der Waals surface area contributed by atoms with Crippen LogP contribution in [0.4, 0.5) is 19.1 Å². The highest BCUT2D eigenvalue weighted by atomic mass is 19.4. The van der Waals surface area contributed by atoms with Gasteiger partial charge >= 0.3 is 6.18 Å². The molecule has 0 radical (unpaired) electrons. The Balaban J connectivity index is 1.64. The topological polar surface area (TPSA) is 103 Å². The zero-order valence-corrected chi connectivity index (χ0v) is 24.4. The number of hydrogen-bond donors (Lipinski definition) is 2. The van der Waals surface area contributed by atoms with E-state index in [1.807, 2.05) is 43.3 Å². The summed E-state index contributed by atoms with van der Waals surface area (Å²) in [6, 6.07) is 21.6. The molecule has 1 aliphatic carbocycles. The van der Waals surface area contributed by atoms with Gasteiger partial charge in [0.15, 0.2) is 5.78 Å². The number of nitrogens with zero attached hydrogens (tertiary/aromatic N) is 3. The van der Waals surface area contributed by atoms with Gasteiger partial charge in [0.2, 0.25) is 11.9 Å². The van der Waals surface area contributed by atoms with Crippen LogP contribution in [0.3, 0.4) is 0 Å². The highest BCUT2D eigenvalue weighted by Crippen LogP contribution is 2.50. The number of carbonyl (C=O) groups is 2. The second-order valence-electron chi connectivity index (χ2n) is 10.9. The van der Waals surface area contributed by atoms with Crippen LogP contribution in [0.25, 0.3) is 28.1 Å². The molecule has 3 N–H and O–H groups in total. The number of nitrogens with two attached hydrogens (primary N) is 1. The first kappa shape index (κ1) is 29.8. The number of halogens is 3. The minimum absolute atomic E-state index is 0.133. The Morgan fingerprint density at radius 2 is 1.64 bits per heavy atom. The predicted octanol–water partition coefficient (Wildman–Crippen LogP) is 6.88. The SMILES string of the molecule is CCCCc1c2c(cc(C(=O)c3ccccc3-c3ccccn3)c1-n1ccnc1N)-c1ccccc1C2C(=O)NCC(F)(F)F. The number of nitrogens with one attached hydrogen (secondary N) is 1. The van der Waals surface area contributed by atoms with Crippen LogP contribution in [0, 0.1) is 0 Å². The van der Waals surface area contributed by atoms with Gasteiger partial charge in [-0.25, -0.2) is 4.98 Å². The zero-order chi connectivity index (χ0) is 31.7. The van der Waals surface area contributed by atoms with Crippen LogP contribution in [0.5, 0.6) is 0 Å². The number of amides is 1. The standard InChI is InChI=1S/C35H30F3N5O2/c1-2-3-10-25-29-26(21-11-4-6-13-23(21)30(29)33(45)42-20-35(36,37)38)19-27(31(25)43-18-17-41-34(43)39)32(44)24-14-7-5-12-22(24)28-15-8-9-16-40-28/h4-9,11-19,30H,2-3,10,20H2,1H3,(H2,39,41)(H,42,45). The summed E-state index contributed by atoms with van der Waals surface area (Å²) in [5.41, 5.74) is 12.0. The maximum Gasteiger partial charge on any atom is 0.405 e. The van der Waals surface area contributed by atoms with Gasteiger partial charge in [-0.3, -0.25) is 19.1 Å². The number of aromatic nitrogens is 3. The van der Waals surface area contributed by atoms with Gasteiger partial charge in [-0.05, 0) is 58.9 Å². The number of nitrogen functional groups attached to an aromatic ring is 1. The van der Waals surface area contributed by atoms with Crippen molar-refractivity contribution in [1.29, 1.82) is 0 Å². The number of unbranched alkanes of at least 4 members (excludes halogenated alkanes) is 1. The molecular formula is C35H30F3N5O2. The molecule has 0 bridgehead atoms. The monoisotopic (exact) mass is 609 g/mol. The number of rotatable bonds is 9. The van der Waals surface area contributed by atoms with E-state index in [0.717, 1.165) is 6.42 Å². The lowest BCUT2D eigenvalue weighted by Crippen LogP contribution is -2.37. The van der Waals surface area contributed by atoms with Crippen molar-refractivity contribution in [3.63, 3.8) is 0 Å². The molecular weight excluding hydrogens is 579 g/mol. The van der Waals surface area contributed by atoms with Gasteiger partial charge in [0.1, 0.15) is 6.54 Å². The van der Waals surface area contributed by atoms with Crippen LogP contribution in [-0.4, -0.2) is 38.9 Å². The summed E-state index contributed by atoms with van der Waals surface area (Å²) in [6.45, 7) is 0.568. The fourth-order valence-electron chi connectivity index (χ4n) is 6.14. The van der Waals surface area contributed by atoms with E-state index in [2.05, 4.69) is 15.3 Å². The lowest BCUT2D eigenvalue weighted by molar-refractivity contribution is -0.138. The summed E-state index contributed by atoms with van der Waals surface area (Å²) < 4.78 is 41.3. The van der Waals surface area contributed by atoms with Crippen molar-refractivity contribution in [3.8, 4) is 28.1 Å². The Kier molecular flexibility index (Phi) is 7.97. The van der Waals surface area contributed by atoms with Crippen LogP contribution in [0.15, 0.2) is 91.4 Å². The van der Waals surface area contributed by atoms with Crippen molar-refractivity contribution in [2.75, 3.05) is 12.3 Å². The molecule has 3 aromatic carbocycles. The summed E-state index contributed by atoms with van der Waals surface area (Å²) in [4.78, 5) is 37.0. The highest BCUT2D eigenvalue weighted by molar-refractivity contribution is 6.16. The minimum atomic E-state index is -4.57. The highest BCUT2D eigenvalue weighted by Gasteiger charge is 2.40. The van der Waals surface area contributed by atoms with Crippen molar-refractivity contribution in [2.24, 2.45) is 0 Å². The van der Waals surface area contributed by atoms with Crippen molar-refractivity contribution in [2.45, 2.75) is 38.3 Å². The molecule has 0 saturated heterocycles. The maximum absolute atomic E-state index is 14.7. The zero-order valence-electron chi connectivity index (χ0n) is 24.4. The number of ketones is 1. The van der Waals surface area contributed by atoms with Crippen molar-refractivity contribution < 1.29 is 22.8 Å². The summed E-state index contributed by atoms with van der Waals surface area (Å²) in [7, 11) is 0. The third-order valence-corrected chi connectivity index (χ3v) is 8.07. The molecule has 0 saturated carbocycles. The molecule has 1 atom stereocenters. The molecule has 7 nitrogen and oxygen atoms in total. The van der Waals surface area contributed by atoms with Gasteiger partial charge in [0.05, 0.1) is 17.3 Å². The Bertz CT molecular complexity index is 1900. The van der Waals surface area contributed by atoms with E-state index in [1.54, 1.807) is 53.4 Å². The van der Waals surface area contributed by atoms with E-state index in [0.29, 0.717) is 68.7 Å². The van der Waals surface area contributed by atoms with Gasteiger partial charge in [-0.2, -0.15) is 13.2 Å². The van der Waals surface area contributed by atoms with Gasteiger partial charge in [-0.1, -0.05) is 67.9 Å². The Labute approximate surface area is 258 Å². The quantitative estimate of drug-likeness (QED) is 0.177. The fourth-order valence-corrected chi connectivity index (χ4v) is 6.14. The van der Waals surface area contributed by atoms with Crippen molar-refractivity contribution >= 4 is 17.6 Å². The molecule has 10 heteroatoms. The van der Waals surface area contributed by atoms with Crippen molar-refractivity contribution in [3.05, 3.63) is 119 Å². The summed E-state index contributed by atoms with van der Waals surface area (Å²) >= 11 is 0. The third-order valence-electron chi connectivity index (χ3n) is 8.07. The number of benzene rings is 3. The second-order valence-corrected chi connectivity index (χ2v) is 10.9. The predicted molar refractivity (Wildman–Crippen MR) is 166 cm³/mol. The molecule has 0 aliphatic heterocycles. The summed E-state index contributed by atoms with van der Waals surface area (Å²) in [5.74, 6) is -1.94. The van der Waals surface area contributed by atoms with E-state index >= 15 is 0 Å². The van der Waals surface area contributed by atoms with Gasteiger partial charge in [-0.15, -0.1) is 0 Å². The van der Waals surface area contributed by atoms with E-state index < -0.39 is 24.5 Å². The van der Waals surface area contributed by atoms with Crippen LogP contribution < -0.4 is 11.1 Å². The molecule has 1 unspecified atom stereocenters. The minimum Gasteiger partial charge on any atom is -0.369 e. The second kappa shape index (κ2) is 12.0. The van der Waals surface area contributed by atoms with Crippen LogP contribution >= 0.6 is 0 Å². The van der Waals surface area contributed by atoms with Crippen LogP contribution in [-0.2, 0) is 11.2 Å². The van der Waals surface area contributed by atoms with E-state index in [1.165, 1.54) is 6.20 Å². The molecule has 0 spiro atoms. The van der Waals surface area contributed by atoms with Crippen LogP contribution in [0.2, 0.25) is 0 Å². The maximum atomic E-state index is 14.7. The summed E-state index contributed by atoms with van der Waals surface area (Å²) in [5, 5.41) is 2.10. The first-order chi connectivity index (χ1) is 21.7. The summed E-state index contributed by atoms with van der Waals surface area (Å²) in [6.07, 6.45) is 2.20. The van der Waals surface area contributed by atoms with E-state index in [9.17, 15) is 22.8 Å². The number of hydrogen-bond acceptors (Lipinski definition) is 5. The molecule has 1 aliphatic rings. The van der Waals surface area contributed by atoms with Gasteiger partial charge in [0, 0.05) is 35.3 Å². The molecule has 228 valence electrons. The lowest BCUT2D eigenvalue weighted by atomic mass is 9.84. The Morgan fingerprint density at radius 3 is 2.33 bits per heavy atom. The molecule has 2 heterocycles. The van der Waals surface area contributed by atoms with Crippen molar-refractivity contribution in [1.82, 2.24) is 19.9 Å². The molecule has 5 aromatic rings. The third kappa shape index (κ3) is 5.59. The fraction of sp³-hybridized carbons (Fsp3) is 0.200. The van der Waals surface area contributed by atoms with Gasteiger partial charge in [0.25, 0.3) is 0 Å². The first-order valence-corrected chi connectivity index (χ1v) is 14.7. The largest absolute Gasteiger partial charge is 0.405 e. The normalized spacial score (nSPS) is 13.7. The average Bonchev–Trinajstić information content (AvgIpc) is 3.62. The average molecular weight is 610 g/mol. The smallest absolute Gasteiger partial charge is 0.369 e. The molecule has 2 aromatic heterocycles. The number of carbonyl (C=O) groups excluding carboxylic acids is 2. The number of fused-ring (bicyclic) bond motifs is 3. The van der Waals surface area contributed by atoms with E-state index in [-0.39, 0.29) is 11.7 Å². The van der Waals surface area contributed by atoms with Gasteiger partial charge < -0.3 is 11.1 Å². The number of anilines is 1. The number of alkyl halides is 3. The Hall–Kier alpha value is -5.25. The first-order valence-electron chi connectivity index (χ1n) is 14.7. The molecule has 45 heavy (non-hydrogen) atoms. The molecule has 0 fully saturated rings.